The highest BCUT2D eigenvalue weighted by Crippen LogP contribution is 2.33. The summed E-state index contributed by atoms with van der Waals surface area (Å²) in [6, 6.07) is 19.5. The number of halogens is 3. The number of aromatic nitrogens is 2. The van der Waals surface area contributed by atoms with Gasteiger partial charge in [0.1, 0.15) is 29.0 Å². The third kappa shape index (κ3) is 4.65. The van der Waals surface area contributed by atoms with E-state index in [1.807, 2.05) is 12.1 Å². The number of fused-ring (bicyclic) bond motifs is 1. The number of carbonyl (C=O) groups excluding carboxylic acids is 1. The lowest BCUT2D eigenvalue weighted by Crippen LogP contribution is -2.39. The third-order valence-corrected chi connectivity index (χ3v) is 6.07. The predicted molar refractivity (Wildman–Crippen MR) is 128 cm³/mol. The number of nitrogens with one attached hydrogen (secondary N) is 1. The summed E-state index contributed by atoms with van der Waals surface area (Å²) in [6.07, 6.45) is 0.196. The van der Waals surface area contributed by atoms with Crippen LogP contribution in [0.1, 0.15) is 11.4 Å². The van der Waals surface area contributed by atoms with Gasteiger partial charge < -0.3 is 14.8 Å². The Morgan fingerprint density at radius 3 is 2.24 bits per heavy atom. The van der Waals surface area contributed by atoms with E-state index < -0.39 is 0 Å². The Bertz CT molecular complexity index is 1320. The Balaban J connectivity index is 1.44. The molecule has 5 rings (SSSR count). The highest BCUT2D eigenvalue weighted by molar-refractivity contribution is 6.30. The average molecular weight is 479 g/mol. The highest BCUT2D eigenvalue weighted by Gasteiger charge is 2.27. The van der Waals surface area contributed by atoms with Crippen LogP contribution in [0.3, 0.4) is 0 Å². The van der Waals surface area contributed by atoms with E-state index in [2.05, 4.69) is 9.88 Å². The molecule has 0 unspecified atom stereocenters. The Hall–Kier alpha value is -3.71. The van der Waals surface area contributed by atoms with Crippen molar-refractivity contribution < 1.29 is 13.6 Å². The number of nitrogens with zero attached hydrogens (tertiary/aromatic N) is 3. The van der Waals surface area contributed by atoms with E-state index in [0.29, 0.717) is 30.4 Å². The quantitative estimate of drug-likeness (QED) is 0.394. The van der Waals surface area contributed by atoms with Crippen LogP contribution in [0.4, 0.5) is 20.3 Å². The van der Waals surface area contributed by atoms with Crippen molar-refractivity contribution in [1.29, 1.82) is 0 Å². The first-order chi connectivity index (χ1) is 16.5. The van der Waals surface area contributed by atoms with E-state index in [0.717, 1.165) is 28.5 Å². The van der Waals surface area contributed by atoms with Crippen LogP contribution >= 0.6 is 11.6 Å². The molecule has 0 spiro atoms. The summed E-state index contributed by atoms with van der Waals surface area (Å²) >= 11 is 6.03. The Labute approximate surface area is 200 Å². The van der Waals surface area contributed by atoms with Gasteiger partial charge in [-0.15, -0.1) is 0 Å². The Morgan fingerprint density at radius 2 is 1.56 bits per heavy atom. The summed E-state index contributed by atoms with van der Waals surface area (Å²) in [6.45, 7) is 1.41. The van der Waals surface area contributed by atoms with Crippen LogP contribution in [-0.2, 0) is 24.3 Å². The fraction of sp³-hybridized carbons (Fsp3) is 0.154. The highest BCUT2D eigenvalue weighted by atomic mass is 35.5. The van der Waals surface area contributed by atoms with Crippen LogP contribution in [0.5, 0.6) is 0 Å². The van der Waals surface area contributed by atoms with Crippen molar-refractivity contribution in [2.45, 2.75) is 19.5 Å². The molecule has 8 heteroatoms. The first-order valence-electron chi connectivity index (χ1n) is 10.9. The van der Waals surface area contributed by atoms with Crippen molar-refractivity contribution in [2.75, 3.05) is 11.9 Å². The number of hydrogen-bond acceptors (Lipinski definition) is 3. The molecular formula is C26H21ClF2N4O. The lowest BCUT2D eigenvalue weighted by Gasteiger charge is -2.28. The fourth-order valence-corrected chi connectivity index (χ4v) is 4.16. The monoisotopic (exact) mass is 478 g/mol. The molecule has 0 aliphatic carbocycles. The van der Waals surface area contributed by atoms with Gasteiger partial charge >= 0.3 is 0 Å². The van der Waals surface area contributed by atoms with Crippen molar-refractivity contribution in [2.24, 2.45) is 0 Å². The topological polar surface area (TPSA) is 50.2 Å². The van der Waals surface area contributed by atoms with E-state index in [-0.39, 0.29) is 24.0 Å². The van der Waals surface area contributed by atoms with Gasteiger partial charge in [0.05, 0.1) is 13.0 Å². The second-order valence-electron chi connectivity index (χ2n) is 8.13. The molecule has 0 fully saturated rings. The SMILES string of the molecule is O=C(Cc1ccc(F)cc1)N1CCn2c(nc(-c3ccc(F)cc3)c2Nc2ccc(Cl)cc2)C1. The summed E-state index contributed by atoms with van der Waals surface area (Å²) in [5.41, 5.74) is 3.05. The van der Waals surface area contributed by atoms with Gasteiger partial charge in [-0.3, -0.25) is 4.79 Å². The van der Waals surface area contributed by atoms with Crippen molar-refractivity contribution in [3.8, 4) is 11.3 Å². The van der Waals surface area contributed by atoms with Crippen LogP contribution in [0, 0.1) is 11.6 Å². The number of anilines is 2. The van der Waals surface area contributed by atoms with Crippen molar-refractivity contribution in [3.05, 3.63) is 101 Å². The van der Waals surface area contributed by atoms with Gasteiger partial charge in [-0.1, -0.05) is 23.7 Å². The summed E-state index contributed by atoms with van der Waals surface area (Å²) in [4.78, 5) is 19.5. The van der Waals surface area contributed by atoms with E-state index >= 15 is 0 Å². The van der Waals surface area contributed by atoms with Crippen molar-refractivity contribution in [3.63, 3.8) is 0 Å². The minimum absolute atomic E-state index is 0.0450. The molecule has 1 aliphatic heterocycles. The van der Waals surface area contributed by atoms with E-state index in [4.69, 9.17) is 16.6 Å². The summed E-state index contributed by atoms with van der Waals surface area (Å²) in [5, 5.41) is 4.05. The number of benzene rings is 3. The van der Waals surface area contributed by atoms with Gasteiger partial charge in [0.2, 0.25) is 5.91 Å². The predicted octanol–water partition coefficient (Wildman–Crippen LogP) is 5.81. The Morgan fingerprint density at radius 1 is 0.912 bits per heavy atom. The molecule has 0 atom stereocenters. The molecule has 1 aromatic heterocycles. The molecule has 0 saturated carbocycles. The second-order valence-corrected chi connectivity index (χ2v) is 8.57. The van der Waals surface area contributed by atoms with Crippen LogP contribution in [-0.4, -0.2) is 26.9 Å². The van der Waals surface area contributed by atoms with Crippen LogP contribution in [0.25, 0.3) is 11.3 Å². The van der Waals surface area contributed by atoms with Gasteiger partial charge in [-0.05, 0) is 66.2 Å². The number of carbonyl (C=O) groups is 1. The molecule has 1 N–H and O–H groups in total. The summed E-state index contributed by atoms with van der Waals surface area (Å²) in [5.74, 6) is 0.809. The summed E-state index contributed by atoms with van der Waals surface area (Å²) in [7, 11) is 0. The molecule has 172 valence electrons. The van der Waals surface area contributed by atoms with Gasteiger partial charge in [0, 0.05) is 29.4 Å². The molecule has 3 aromatic carbocycles. The first-order valence-corrected chi connectivity index (χ1v) is 11.2. The lowest BCUT2D eigenvalue weighted by molar-refractivity contribution is -0.132. The van der Waals surface area contributed by atoms with Crippen LogP contribution in [0.15, 0.2) is 72.8 Å². The minimum Gasteiger partial charge on any atom is -0.340 e. The molecule has 5 nitrogen and oxygen atoms in total. The fourth-order valence-electron chi connectivity index (χ4n) is 4.04. The lowest BCUT2D eigenvalue weighted by atomic mass is 10.1. The second kappa shape index (κ2) is 9.27. The normalized spacial score (nSPS) is 13.0. The van der Waals surface area contributed by atoms with Gasteiger partial charge in [0.15, 0.2) is 0 Å². The summed E-state index contributed by atoms with van der Waals surface area (Å²) < 4.78 is 28.8. The molecular weight excluding hydrogens is 458 g/mol. The van der Waals surface area contributed by atoms with Gasteiger partial charge in [-0.2, -0.15) is 0 Å². The van der Waals surface area contributed by atoms with Crippen molar-refractivity contribution >= 4 is 29.0 Å². The third-order valence-electron chi connectivity index (χ3n) is 5.82. The molecule has 2 heterocycles. The maximum Gasteiger partial charge on any atom is 0.227 e. The molecule has 0 saturated heterocycles. The van der Waals surface area contributed by atoms with Crippen LogP contribution < -0.4 is 5.32 Å². The maximum absolute atomic E-state index is 13.5. The van der Waals surface area contributed by atoms with E-state index in [1.54, 1.807) is 41.3 Å². The molecule has 0 bridgehead atoms. The van der Waals surface area contributed by atoms with Crippen LogP contribution in [0.2, 0.25) is 5.02 Å². The molecule has 4 aromatic rings. The van der Waals surface area contributed by atoms with Gasteiger partial charge in [-0.25, -0.2) is 13.8 Å². The van der Waals surface area contributed by atoms with E-state index in [1.165, 1.54) is 24.3 Å². The smallest absolute Gasteiger partial charge is 0.227 e. The zero-order valence-corrected chi connectivity index (χ0v) is 18.9. The number of amides is 1. The largest absolute Gasteiger partial charge is 0.340 e. The first kappa shape index (κ1) is 22.1. The number of imidazole rings is 1. The standard InChI is InChI=1S/C26H21ClF2N4O/c27-19-5-11-22(12-6-19)30-26-25(18-3-9-21(29)10-4-18)31-23-16-32(13-14-33(23)26)24(34)15-17-1-7-20(28)8-2-17/h1-12,30H,13-16H2. The zero-order valence-electron chi connectivity index (χ0n) is 18.1. The zero-order chi connectivity index (χ0) is 23.7. The molecule has 0 radical (unpaired) electrons. The van der Waals surface area contributed by atoms with Crippen molar-refractivity contribution in [1.82, 2.24) is 14.5 Å². The number of hydrogen-bond donors (Lipinski definition) is 1. The molecule has 34 heavy (non-hydrogen) atoms. The van der Waals surface area contributed by atoms with Gasteiger partial charge in [0.25, 0.3) is 0 Å². The molecule has 1 amide bonds. The average Bonchev–Trinajstić information content (AvgIpc) is 3.20. The Kier molecular flexibility index (Phi) is 6.02. The maximum atomic E-state index is 13.5. The minimum atomic E-state index is -0.328. The van der Waals surface area contributed by atoms with E-state index in [9.17, 15) is 13.6 Å². The number of rotatable bonds is 5. The molecule has 1 aliphatic rings.